The molecule has 1 unspecified atom stereocenters. The van der Waals surface area contributed by atoms with E-state index < -0.39 is 0 Å². The van der Waals surface area contributed by atoms with Gasteiger partial charge in [-0.15, -0.1) is 0 Å². The molecule has 0 saturated carbocycles. The zero-order valence-electron chi connectivity index (χ0n) is 8.82. The Morgan fingerprint density at radius 2 is 2.20 bits per heavy atom. The largest absolute Gasteiger partial charge is 0.373 e. The summed E-state index contributed by atoms with van der Waals surface area (Å²) < 4.78 is 0. The summed E-state index contributed by atoms with van der Waals surface area (Å²) in [4.78, 5) is 25.5. The maximum atomic E-state index is 11.9. The lowest BCUT2D eigenvalue weighted by molar-refractivity contribution is -0.112. The van der Waals surface area contributed by atoms with Crippen LogP contribution in [-0.4, -0.2) is 47.4 Å². The van der Waals surface area contributed by atoms with Crippen molar-refractivity contribution in [2.75, 3.05) is 25.6 Å². The average molecular weight is 223 g/mol. The van der Waals surface area contributed by atoms with E-state index in [9.17, 15) is 9.59 Å². The van der Waals surface area contributed by atoms with Crippen LogP contribution in [0.25, 0.3) is 0 Å². The van der Waals surface area contributed by atoms with Gasteiger partial charge in [0.1, 0.15) is 0 Å². The molecular formula is C11H13NO2S. The summed E-state index contributed by atoms with van der Waals surface area (Å²) >= 11 is 0. The number of hydrogen-bond acceptors (Lipinski definition) is 3. The molecule has 0 spiro atoms. The van der Waals surface area contributed by atoms with E-state index >= 15 is 0 Å². The Kier molecular flexibility index (Phi) is 2.61. The summed E-state index contributed by atoms with van der Waals surface area (Å²) in [7, 11) is 1.96. The number of allylic oxidation sites excluding steroid dienone is 4. The Morgan fingerprint density at radius 1 is 1.47 bits per heavy atom. The minimum Gasteiger partial charge on any atom is -0.373 e. The minimum atomic E-state index is -0.0834. The number of nitrogens with zero attached hydrogens (tertiary/aromatic N) is 1. The number of hydrogen-bond donors (Lipinski definition) is 0. The van der Waals surface area contributed by atoms with Crippen LogP contribution in [0.2, 0.25) is 0 Å². The van der Waals surface area contributed by atoms with Crippen molar-refractivity contribution >= 4 is 27.4 Å². The number of fused-ring (bicyclic) bond motifs is 1. The molecule has 0 aromatic heterocycles. The van der Waals surface area contributed by atoms with E-state index in [4.69, 9.17) is 0 Å². The molecule has 3 nitrogen and oxygen atoms in total. The van der Waals surface area contributed by atoms with Gasteiger partial charge in [-0.25, -0.2) is 0 Å². The maximum absolute atomic E-state index is 11.9. The number of Topliss-reactive ketones (excluding diaryl/α,β-unsaturated/α-hetero) is 1. The molecule has 2 aliphatic rings. The van der Waals surface area contributed by atoms with Crippen molar-refractivity contribution in [3.05, 3.63) is 23.4 Å². The molecule has 1 atom stereocenters. The second-order valence-electron chi connectivity index (χ2n) is 3.71. The molecule has 1 aliphatic heterocycles. The molecule has 2 rings (SSSR count). The normalized spacial score (nSPS) is 25.7. The number of carbonyl (C=O) groups excluding carboxylic acids is 2. The first-order chi connectivity index (χ1) is 7.15. The molecule has 0 aromatic rings. The van der Waals surface area contributed by atoms with Crippen LogP contribution in [0.1, 0.15) is 0 Å². The monoisotopic (exact) mass is 223 g/mol. The summed E-state index contributed by atoms with van der Waals surface area (Å²) in [6.07, 6.45) is 6.21. The van der Waals surface area contributed by atoms with Gasteiger partial charge in [-0.1, -0.05) is 0 Å². The van der Waals surface area contributed by atoms with E-state index in [2.05, 4.69) is 11.2 Å². The fraction of sp³-hybridized carbons (Fsp3) is 0.364. The van der Waals surface area contributed by atoms with Gasteiger partial charge in [0.2, 0.25) is 5.78 Å². The van der Waals surface area contributed by atoms with Crippen LogP contribution in [0.4, 0.5) is 0 Å². The van der Waals surface area contributed by atoms with E-state index in [0.29, 0.717) is 6.29 Å². The fourth-order valence-corrected chi connectivity index (χ4v) is 3.56. The number of ketones is 1. The van der Waals surface area contributed by atoms with Gasteiger partial charge in [0.05, 0.1) is 16.1 Å². The molecule has 0 amide bonds. The lowest BCUT2D eigenvalue weighted by atomic mass is 10.0. The lowest BCUT2D eigenvalue weighted by Crippen LogP contribution is -2.37. The first-order valence-corrected chi connectivity index (χ1v) is 6.58. The van der Waals surface area contributed by atoms with E-state index in [1.54, 1.807) is 6.08 Å². The molecule has 1 heterocycles. The molecule has 0 N–H and O–H groups in total. The van der Waals surface area contributed by atoms with Crippen molar-refractivity contribution in [2.45, 2.75) is 0 Å². The Bertz CT molecular complexity index is 432. The van der Waals surface area contributed by atoms with Crippen molar-refractivity contribution < 1.29 is 9.59 Å². The third-order valence-corrected chi connectivity index (χ3v) is 4.63. The smallest absolute Gasteiger partial charge is 0.203 e. The summed E-state index contributed by atoms with van der Waals surface area (Å²) in [5, 5.41) is 0. The SMILES string of the molecule is CN1CCS(C)=C2C(=O)C(C=O)=CC=C21. The van der Waals surface area contributed by atoms with Crippen molar-refractivity contribution in [1.82, 2.24) is 4.90 Å². The van der Waals surface area contributed by atoms with Gasteiger partial charge in [-0.2, -0.15) is 10.5 Å². The van der Waals surface area contributed by atoms with Crippen LogP contribution in [0.3, 0.4) is 0 Å². The first kappa shape index (κ1) is 10.4. The van der Waals surface area contributed by atoms with Gasteiger partial charge in [0.15, 0.2) is 6.29 Å². The molecule has 15 heavy (non-hydrogen) atoms. The zero-order chi connectivity index (χ0) is 11.0. The Morgan fingerprint density at radius 3 is 2.87 bits per heavy atom. The Balaban J connectivity index is 2.56. The lowest BCUT2D eigenvalue weighted by Gasteiger charge is -2.32. The number of carbonyl (C=O) groups is 2. The van der Waals surface area contributed by atoms with E-state index in [0.717, 1.165) is 22.9 Å². The third-order valence-electron chi connectivity index (χ3n) is 2.74. The molecule has 80 valence electrons. The van der Waals surface area contributed by atoms with Crippen LogP contribution < -0.4 is 0 Å². The molecule has 0 bridgehead atoms. The van der Waals surface area contributed by atoms with Crippen LogP contribution in [0, 0.1) is 0 Å². The van der Waals surface area contributed by atoms with Crippen LogP contribution in [0.5, 0.6) is 0 Å². The fourth-order valence-electron chi connectivity index (χ4n) is 1.79. The molecule has 4 heteroatoms. The highest BCUT2D eigenvalue weighted by Gasteiger charge is 2.28. The molecule has 1 aliphatic carbocycles. The van der Waals surface area contributed by atoms with Gasteiger partial charge in [0, 0.05) is 19.3 Å². The highest BCUT2D eigenvalue weighted by atomic mass is 32.2. The first-order valence-electron chi connectivity index (χ1n) is 4.78. The highest BCUT2D eigenvalue weighted by molar-refractivity contribution is 8.16. The topological polar surface area (TPSA) is 37.4 Å². The predicted octanol–water partition coefficient (Wildman–Crippen LogP) is 0.595. The van der Waals surface area contributed by atoms with Gasteiger partial charge in [-0.3, -0.25) is 9.59 Å². The van der Waals surface area contributed by atoms with E-state index in [1.165, 1.54) is 0 Å². The molecule has 0 saturated heterocycles. The van der Waals surface area contributed by atoms with E-state index in [1.807, 2.05) is 13.1 Å². The zero-order valence-corrected chi connectivity index (χ0v) is 9.63. The number of aldehydes is 1. The second-order valence-corrected chi connectivity index (χ2v) is 5.80. The van der Waals surface area contributed by atoms with Crippen LogP contribution in [-0.2, 0) is 9.59 Å². The molecule has 0 radical (unpaired) electrons. The Hall–Kier alpha value is -1.16. The van der Waals surface area contributed by atoms with Crippen molar-refractivity contribution in [3.63, 3.8) is 0 Å². The van der Waals surface area contributed by atoms with Gasteiger partial charge in [-0.05, 0) is 18.4 Å². The van der Waals surface area contributed by atoms with Crippen LogP contribution in [0.15, 0.2) is 23.4 Å². The van der Waals surface area contributed by atoms with Gasteiger partial charge >= 0.3 is 0 Å². The summed E-state index contributed by atoms with van der Waals surface area (Å²) in [6.45, 7) is 0.979. The summed E-state index contributed by atoms with van der Waals surface area (Å²) in [6, 6.07) is 0. The standard InChI is InChI=1S/C11H13NO2S/c1-12-5-6-15(2)11-9(12)4-3-8(7-13)10(11)14/h3-4,7H,5-6H2,1-2H3. The van der Waals surface area contributed by atoms with Gasteiger partial charge < -0.3 is 4.90 Å². The quantitative estimate of drug-likeness (QED) is 0.371. The highest BCUT2D eigenvalue weighted by Crippen LogP contribution is 2.27. The third kappa shape index (κ3) is 1.59. The van der Waals surface area contributed by atoms with Crippen LogP contribution >= 0.6 is 10.5 Å². The van der Waals surface area contributed by atoms with Crippen molar-refractivity contribution in [1.29, 1.82) is 0 Å². The number of rotatable bonds is 1. The summed E-state index contributed by atoms with van der Waals surface area (Å²) in [5.41, 5.74) is 1.27. The maximum Gasteiger partial charge on any atom is 0.203 e. The van der Waals surface area contributed by atoms with Gasteiger partial charge in [0.25, 0.3) is 0 Å². The van der Waals surface area contributed by atoms with Crippen molar-refractivity contribution in [2.24, 2.45) is 0 Å². The van der Waals surface area contributed by atoms with Crippen molar-refractivity contribution in [3.8, 4) is 0 Å². The minimum absolute atomic E-state index is 0.0223. The second kappa shape index (κ2) is 3.77. The molecule has 0 fully saturated rings. The molecular weight excluding hydrogens is 210 g/mol. The average Bonchev–Trinajstić information content (AvgIpc) is 2.23. The molecule has 0 aromatic carbocycles. The Labute approximate surface area is 91.4 Å². The predicted molar refractivity (Wildman–Crippen MR) is 63.3 cm³/mol. The van der Waals surface area contributed by atoms with E-state index in [-0.39, 0.29) is 21.8 Å². The summed E-state index contributed by atoms with van der Waals surface area (Å²) in [5.74, 6) is 0.918.